The molecule has 3 rings (SSSR count). The van der Waals surface area contributed by atoms with Crippen molar-refractivity contribution >= 4 is 34.7 Å². The van der Waals surface area contributed by atoms with Crippen LogP contribution in [0, 0.1) is 0 Å². The summed E-state index contributed by atoms with van der Waals surface area (Å²) in [6, 6.07) is 10.7. The van der Waals surface area contributed by atoms with E-state index >= 15 is 0 Å². The number of rotatable bonds is 2. The van der Waals surface area contributed by atoms with Gasteiger partial charge in [0.25, 0.3) is 0 Å². The summed E-state index contributed by atoms with van der Waals surface area (Å²) in [5, 5.41) is 0.985. The van der Waals surface area contributed by atoms with Crippen LogP contribution in [0.2, 0.25) is 10.0 Å². The molecule has 0 aromatic heterocycles. The fourth-order valence-electron chi connectivity index (χ4n) is 2.37. The predicted molar refractivity (Wildman–Crippen MR) is 86.8 cm³/mol. The van der Waals surface area contributed by atoms with Crippen LogP contribution in [0.5, 0.6) is 5.75 Å². The van der Waals surface area contributed by atoms with E-state index in [9.17, 15) is 4.79 Å². The van der Waals surface area contributed by atoms with Gasteiger partial charge in [-0.1, -0.05) is 29.3 Å². The number of carbonyl (C=O) groups is 1. The molecule has 112 valence electrons. The Labute approximate surface area is 138 Å². The molecule has 2 aromatic carbocycles. The van der Waals surface area contributed by atoms with E-state index in [2.05, 4.69) is 0 Å². The Bertz CT molecular complexity index is 781. The fourth-order valence-corrected chi connectivity index (χ4v) is 2.67. The van der Waals surface area contributed by atoms with Crippen LogP contribution in [-0.4, -0.2) is 19.7 Å². The van der Waals surface area contributed by atoms with Crippen LogP contribution in [0.4, 0.5) is 0 Å². The summed E-state index contributed by atoms with van der Waals surface area (Å²) in [5.41, 5.74) is 3.16. The molecule has 0 bridgehead atoms. The standard InChI is InChI=1S/C17H12Cl2O3/c1-21-17(20)11-3-5-16-13(8-11)12(6-7-22-16)10-2-4-14(18)15(19)9-10/h2-6,8-9H,7H2,1H3. The second kappa shape index (κ2) is 6.03. The molecule has 0 radical (unpaired) electrons. The maximum Gasteiger partial charge on any atom is 0.337 e. The number of fused-ring (bicyclic) bond motifs is 1. The molecule has 2 aromatic rings. The van der Waals surface area contributed by atoms with Crippen molar-refractivity contribution in [1.82, 2.24) is 0 Å². The molecule has 0 amide bonds. The molecule has 1 heterocycles. The molecule has 0 N–H and O–H groups in total. The minimum absolute atomic E-state index is 0.387. The molecule has 0 spiro atoms. The third-order valence-electron chi connectivity index (χ3n) is 3.45. The van der Waals surface area contributed by atoms with Crippen molar-refractivity contribution in [2.75, 3.05) is 13.7 Å². The van der Waals surface area contributed by atoms with Gasteiger partial charge < -0.3 is 9.47 Å². The number of hydrogen-bond acceptors (Lipinski definition) is 3. The van der Waals surface area contributed by atoms with Gasteiger partial charge in [-0.15, -0.1) is 0 Å². The summed E-state index contributed by atoms with van der Waals surface area (Å²) in [6.07, 6.45) is 1.95. The van der Waals surface area contributed by atoms with E-state index < -0.39 is 0 Å². The lowest BCUT2D eigenvalue weighted by atomic mass is 9.94. The minimum Gasteiger partial charge on any atom is -0.489 e. The average Bonchev–Trinajstić information content (AvgIpc) is 2.55. The first-order valence-electron chi connectivity index (χ1n) is 6.61. The molecule has 0 unspecified atom stereocenters. The Balaban J connectivity index is 2.10. The third kappa shape index (κ3) is 2.70. The summed E-state index contributed by atoms with van der Waals surface area (Å²) in [7, 11) is 1.36. The zero-order chi connectivity index (χ0) is 15.7. The Morgan fingerprint density at radius 1 is 1.14 bits per heavy atom. The minimum atomic E-state index is -0.387. The van der Waals surface area contributed by atoms with Crippen molar-refractivity contribution in [3.8, 4) is 5.75 Å². The van der Waals surface area contributed by atoms with E-state index in [4.69, 9.17) is 32.7 Å². The van der Waals surface area contributed by atoms with Crippen molar-refractivity contribution in [2.45, 2.75) is 0 Å². The molecule has 0 atom stereocenters. The van der Waals surface area contributed by atoms with Gasteiger partial charge in [-0.3, -0.25) is 0 Å². The molecule has 22 heavy (non-hydrogen) atoms. The highest BCUT2D eigenvalue weighted by Crippen LogP contribution is 2.36. The normalized spacial score (nSPS) is 13.0. The molecular weight excluding hydrogens is 323 g/mol. The lowest BCUT2D eigenvalue weighted by molar-refractivity contribution is 0.0600. The molecule has 0 fully saturated rings. The zero-order valence-corrected chi connectivity index (χ0v) is 13.2. The monoisotopic (exact) mass is 334 g/mol. The second-order valence-corrected chi connectivity index (χ2v) is 5.57. The van der Waals surface area contributed by atoms with Crippen molar-refractivity contribution < 1.29 is 14.3 Å². The van der Waals surface area contributed by atoms with E-state index in [0.29, 0.717) is 22.2 Å². The van der Waals surface area contributed by atoms with Gasteiger partial charge in [0.2, 0.25) is 0 Å². The van der Waals surface area contributed by atoms with E-state index in [1.807, 2.05) is 12.1 Å². The van der Waals surface area contributed by atoms with Crippen LogP contribution >= 0.6 is 23.2 Å². The average molecular weight is 335 g/mol. The lowest BCUT2D eigenvalue weighted by Gasteiger charge is -2.20. The zero-order valence-electron chi connectivity index (χ0n) is 11.7. The fraction of sp³-hybridized carbons (Fsp3) is 0.118. The van der Waals surface area contributed by atoms with Gasteiger partial charge in [0.05, 0.1) is 22.7 Å². The highest BCUT2D eigenvalue weighted by Gasteiger charge is 2.18. The molecular formula is C17H12Cl2O3. The number of methoxy groups -OCH3 is 1. The van der Waals surface area contributed by atoms with Crippen LogP contribution < -0.4 is 4.74 Å². The first-order chi connectivity index (χ1) is 10.6. The van der Waals surface area contributed by atoms with Crippen LogP contribution in [0.15, 0.2) is 42.5 Å². The number of hydrogen-bond donors (Lipinski definition) is 0. The highest BCUT2D eigenvalue weighted by molar-refractivity contribution is 6.42. The van der Waals surface area contributed by atoms with Crippen molar-refractivity contribution in [1.29, 1.82) is 0 Å². The molecule has 0 aliphatic carbocycles. The van der Waals surface area contributed by atoms with E-state index in [1.165, 1.54) is 7.11 Å². The van der Waals surface area contributed by atoms with Gasteiger partial charge in [-0.05, 0) is 47.5 Å². The van der Waals surface area contributed by atoms with Gasteiger partial charge in [0.1, 0.15) is 12.4 Å². The van der Waals surface area contributed by atoms with Crippen molar-refractivity contribution in [3.63, 3.8) is 0 Å². The summed E-state index contributed by atoms with van der Waals surface area (Å²) < 4.78 is 10.4. The predicted octanol–water partition coefficient (Wildman–Crippen LogP) is 4.60. The third-order valence-corrected chi connectivity index (χ3v) is 4.19. The smallest absolute Gasteiger partial charge is 0.337 e. The van der Waals surface area contributed by atoms with Crippen LogP contribution in [0.25, 0.3) is 5.57 Å². The van der Waals surface area contributed by atoms with E-state index in [1.54, 1.807) is 30.3 Å². The van der Waals surface area contributed by atoms with Crippen LogP contribution in [0.1, 0.15) is 21.5 Å². The van der Waals surface area contributed by atoms with Gasteiger partial charge in [-0.25, -0.2) is 4.79 Å². The molecule has 3 nitrogen and oxygen atoms in total. The molecule has 1 aliphatic rings. The maximum atomic E-state index is 11.7. The first kappa shape index (κ1) is 14.9. The van der Waals surface area contributed by atoms with Gasteiger partial charge >= 0.3 is 5.97 Å². The number of esters is 1. The second-order valence-electron chi connectivity index (χ2n) is 4.76. The summed E-state index contributed by atoms with van der Waals surface area (Å²) >= 11 is 12.1. The molecule has 1 aliphatic heterocycles. The SMILES string of the molecule is COC(=O)c1ccc2c(c1)C(c1ccc(Cl)c(Cl)c1)=CCO2. The summed E-state index contributed by atoms with van der Waals surface area (Å²) in [5.74, 6) is 0.332. The summed E-state index contributed by atoms with van der Waals surface area (Å²) in [6.45, 7) is 0.458. The topological polar surface area (TPSA) is 35.5 Å². The van der Waals surface area contributed by atoms with Gasteiger partial charge in [0, 0.05) is 5.56 Å². The maximum absolute atomic E-state index is 11.7. The quantitative estimate of drug-likeness (QED) is 0.752. The van der Waals surface area contributed by atoms with Gasteiger partial charge in [-0.2, -0.15) is 0 Å². The Morgan fingerprint density at radius 2 is 1.95 bits per heavy atom. The Hall–Kier alpha value is -1.97. The Kier molecular flexibility index (Phi) is 4.10. The first-order valence-corrected chi connectivity index (χ1v) is 7.37. The highest BCUT2D eigenvalue weighted by atomic mass is 35.5. The largest absolute Gasteiger partial charge is 0.489 e. The Morgan fingerprint density at radius 3 is 2.68 bits per heavy atom. The molecule has 0 saturated carbocycles. The number of carbonyl (C=O) groups excluding carboxylic acids is 1. The number of benzene rings is 2. The molecule has 5 heteroatoms. The number of ether oxygens (including phenoxy) is 2. The summed E-state index contributed by atoms with van der Waals surface area (Å²) in [4.78, 5) is 11.7. The van der Waals surface area contributed by atoms with E-state index in [-0.39, 0.29) is 5.97 Å². The van der Waals surface area contributed by atoms with Crippen LogP contribution in [0.3, 0.4) is 0 Å². The van der Waals surface area contributed by atoms with Crippen molar-refractivity contribution in [2.24, 2.45) is 0 Å². The molecule has 0 saturated heterocycles. The van der Waals surface area contributed by atoms with Gasteiger partial charge in [0.15, 0.2) is 0 Å². The lowest BCUT2D eigenvalue weighted by Crippen LogP contribution is -2.08. The number of halogens is 2. The van der Waals surface area contributed by atoms with Crippen molar-refractivity contribution in [3.05, 3.63) is 69.2 Å². The van der Waals surface area contributed by atoms with E-state index in [0.717, 1.165) is 22.4 Å². The van der Waals surface area contributed by atoms with Crippen LogP contribution in [-0.2, 0) is 4.74 Å².